The number of carbonyl (C=O) groups is 1. The maximum absolute atomic E-state index is 12.6. The Kier molecular flexibility index (Phi) is 6.26. The largest absolute Gasteiger partial charge is 0.337 e. The third kappa shape index (κ3) is 5.14. The molecule has 0 aliphatic heterocycles. The van der Waals surface area contributed by atoms with Crippen molar-refractivity contribution in [2.45, 2.75) is 39.1 Å². The number of carbonyl (C=O) groups excluding carboxylic acids is 1. The smallest absolute Gasteiger partial charge is 0.267 e. The Hall–Kier alpha value is -4.26. The minimum absolute atomic E-state index is 0.0283. The van der Waals surface area contributed by atoms with Crippen LogP contribution in [0.1, 0.15) is 22.6 Å². The minimum Gasteiger partial charge on any atom is -0.337 e. The molecule has 12 nitrogen and oxygen atoms in total. The Morgan fingerprint density at radius 2 is 1.74 bits per heavy atom. The molecule has 182 valence electrons. The zero-order valence-electron chi connectivity index (χ0n) is 19.4. The standard InChI is InChI=1S/C22H23N7O5S/c1-13-11-14(2)29(24-13)19-9-10-21(31)28(25-19)12-20(30)23-17-5-7-18(8-6-17)35(32,33)27-22-15(3)16(4)26-34-22/h5-11,27H,12H2,1-4H3,(H,23,30). The highest BCUT2D eigenvalue weighted by Gasteiger charge is 2.19. The zero-order chi connectivity index (χ0) is 25.3. The van der Waals surface area contributed by atoms with E-state index in [0.29, 0.717) is 22.8 Å². The summed E-state index contributed by atoms with van der Waals surface area (Å²) in [4.78, 5) is 24.7. The number of aryl methyl sites for hydroxylation is 3. The molecule has 13 heteroatoms. The van der Waals surface area contributed by atoms with Gasteiger partial charge in [0.05, 0.1) is 16.3 Å². The first-order chi connectivity index (χ1) is 16.5. The lowest BCUT2D eigenvalue weighted by Gasteiger charge is -2.10. The van der Waals surface area contributed by atoms with Crippen LogP contribution < -0.4 is 15.6 Å². The van der Waals surface area contributed by atoms with Gasteiger partial charge >= 0.3 is 0 Å². The van der Waals surface area contributed by atoms with Crippen LogP contribution in [0.25, 0.3) is 5.82 Å². The van der Waals surface area contributed by atoms with E-state index in [2.05, 4.69) is 25.4 Å². The number of benzene rings is 1. The molecular formula is C22H23N7O5S. The predicted molar refractivity (Wildman–Crippen MR) is 127 cm³/mol. The molecule has 3 heterocycles. The molecule has 0 unspecified atom stereocenters. The Bertz CT molecular complexity index is 1570. The van der Waals surface area contributed by atoms with Gasteiger partial charge in [-0.25, -0.2) is 22.5 Å². The van der Waals surface area contributed by atoms with Gasteiger partial charge in [-0.1, -0.05) is 5.16 Å². The summed E-state index contributed by atoms with van der Waals surface area (Å²) in [5.41, 5.74) is 2.70. The van der Waals surface area contributed by atoms with Gasteiger partial charge in [-0.05, 0) is 64.1 Å². The van der Waals surface area contributed by atoms with Crippen molar-refractivity contribution in [3.05, 3.63) is 75.5 Å². The number of aromatic nitrogens is 5. The normalized spacial score (nSPS) is 11.4. The van der Waals surface area contributed by atoms with Crippen LogP contribution >= 0.6 is 0 Å². The monoisotopic (exact) mass is 497 g/mol. The van der Waals surface area contributed by atoms with E-state index < -0.39 is 21.5 Å². The van der Waals surface area contributed by atoms with Crippen LogP contribution in [0.3, 0.4) is 0 Å². The van der Waals surface area contributed by atoms with Crippen molar-refractivity contribution in [3.8, 4) is 5.82 Å². The molecular weight excluding hydrogens is 474 g/mol. The van der Waals surface area contributed by atoms with Crippen LogP contribution in [0.2, 0.25) is 0 Å². The predicted octanol–water partition coefficient (Wildman–Crippen LogP) is 2.09. The fourth-order valence-corrected chi connectivity index (χ4v) is 4.32. The molecule has 0 saturated heterocycles. The molecule has 35 heavy (non-hydrogen) atoms. The second-order valence-corrected chi connectivity index (χ2v) is 9.61. The number of hydrogen-bond acceptors (Lipinski definition) is 8. The molecule has 3 aromatic heterocycles. The fraction of sp³-hybridized carbons (Fsp3) is 0.227. The molecule has 0 aliphatic rings. The highest BCUT2D eigenvalue weighted by Crippen LogP contribution is 2.22. The first kappa shape index (κ1) is 23.9. The number of sulfonamides is 1. The fourth-order valence-electron chi connectivity index (χ4n) is 3.27. The molecule has 0 saturated carbocycles. The SMILES string of the molecule is Cc1cc(C)n(-c2ccc(=O)n(CC(=O)Nc3ccc(S(=O)(=O)Nc4onc(C)c4C)cc3)n2)n1. The molecule has 0 radical (unpaired) electrons. The molecule has 0 fully saturated rings. The van der Waals surface area contributed by atoms with E-state index in [4.69, 9.17) is 4.52 Å². The van der Waals surface area contributed by atoms with Crippen molar-refractivity contribution in [1.29, 1.82) is 0 Å². The first-order valence-electron chi connectivity index (χ1n) is 10.5. The van der Waals surface area contributed by atoms with Crippen LogP contribution in [0, 0.1) is 27.7 Å². The van der Waals surface area contributed by atoms with Crippen molar-refractivity contribution in [1.82, 2.24) is 24.7 Å². The average Bonchev–Trinajstić information content (AvgIpc) is 3.30. The Labute approximate surface area is 200 Å². The van der Waals surface area contributed by atoms with Crippen molar-refractivity contribution >= 4 is 27.5 Å². The molecule has 1 aromatic carbocycles. The lowest BCUT2D eigenvalue weighted by Crippen LogP contribution is -2.30. The Morgan fingerprint density at radius 1 is 1.03 bits per heavy atom. The van der Waals surface area contributed by atoms with Gasteiger partial charge in [0.25, 0.3) is 15.6 Å². The van der Waals surface area contributed by atoms with Gasteiger partial charge in [0.1, 0.15) is 6.54 Å². The summed E-state index contributed by atoms with van der Waals surface area (Å²) in [6.45, 7) is 6.76. The number of anilines is 2. The molecule has 2 N–H and O–H groups in total. The van der Waals surface area contributed by atoms with E-state index in [-0.39, 0.29) is 17.3 Å². The molecule has 1 amide bonds. The second kappa shape index (κ2) is 9.18. The maximum Gasteiger partial charge on any atom is 0.267 e. The summed E-state index contributed by atoms with van der Waals surface area (Å²) < 4.78 is 35.2. The topological polar surface area (TPSA) is 154 Å². The van der Waals surface area contributed by atoms with Crippen LogP contribution in [0.4, 0.5) is 11.6 Å². The van der Waals surface area contributed by atoms with Gasteiger partial charge in [-0.3, -0.25) is 9.59 Å². The third-order valence-electron chi connectivity index (χ3n) is 5.21. The zero-order valence-corrected chi connectivity index (χ0v) is 20.3. The minimum atomic E-state index is -3.92. The van der Waals surface area contributed by atoms with Crippen molar-refractivity contribution < 1.29 is 17.7 Å². The Balaban J connectivity index is 1.45. The van der Waals surface area contributed by atoms with Gasteiger partial charge in [0, 0.05) is 23.0 Å². The molecule has 4 rings (SSSR count). The van der Waals surface area contributed by atoms with Gasteiger partial charge in [-0.2, -0.15) is 5.10 Å². The third-order valence-corrected chi connectivity index (χ3v) is 6.55. The van der Waals surface area contributed by atoms with Crippen LogP contribution in [-0.2, 0) is 21.4 Å². The van der Waals surface area contributed by atoms with Gasteiger partial charge in [0.15, 0.2) is 5.82 Å². The summed E-state index contributed by atoms with van der Waals surface area (Å²) in [6.07, 6.45) is 0. The highest BCUT2D eigenvalue weighted by molar-refractivity contribution is 7.92. The molecule has 0 aliphatic carbocycles. The second-order valence-electron chi connectivity index (χ2n) is 7.93. The maximum atomic E-state index is 12.6. The van der Waals surface area contributed by atoms with E-state index in [1.807, 2.05) is 19.9 Å². The lowest BCUT2D eigenvalue weighted by atomic mass is 10.3. The quantitative estimate of drug-likeness (QED) is 0.393. The number of nitrogens with one attached hydrogen (secondary N) is 2. The highest BCUT2D eigenvalue weighted by atomic mass is 32.2. The number of nitrogens with zero attached hydrogens (tertiary/aromatic N) is 5. The van der Waals surface area contributed by atoms with Crippen LogP contribution in [0.15, 0.2) is 56.7 Å². The van der Waals surface area contributed by atoms with Gasteiger partial charge in [0.2, 0.25) is 11.8 Å². The van der Waals surface area contributed by atoms with E-state index >= 15 is 0 Å². The number of rotatable bonds is 7. The van der Waals surface area contributed by atoms with E-state index in [1.54, 1.807) is 18.5 Å². The Morgan fingerprint density at radius 3 is 2.34 bits per heavy atom. The lowest BCUT2D eigenvalue weighted by molar-refractivity contribution is -0.117. The van der Waals surface area contributed by atoms with Crippen LogP contribution in [-0.4, -0.2) is 39.0 Å². The van der Waals surface area contributed by atoms with Crippen LogP contribution in [0.5, 0.6) is 0 Å². The van der Waals surface area contributed by atoms with E-state index in [9.17, 15) is 18.0 Å². The number of hydrogen-bond donors (Lipinski definition) is 2. The summed E-state index contributed by atoms with van der Waals surface area (Å²) >= 11 is 0. The number of amides is 1. The molecule has 0 spiro atoms. The molecule has 0 bridgehead atoms. The first-order valence-corrected chi connectivity index (χ1v) is 12.0. The molecule has 0 atom stereocenters. The summed E-state index contributed by atoms with van der Waals surface area (Å²) in [5.74, 6) is -0.0608. The van der Waals surface area contributed by atoms with Crippen molar-refractivity contribution in [3.63, 3.8) is 0 Å². The summed E-state index contributed by atoms with van der Waals surface area (Å²) in [7, 11) is -3.92. The van der Waals surface area contributed by atoms with Crippen molar-refractivity contribution in [2.75, 3.05) is 10.0 Å². The summed E-state index contributed by atoms with van der Waals surface area (Å²) in [5, 5.41) is 14.9. The summed E-state index contributed by atoms with van der Waals surface area (Å²) in [6, 6.07) is 10.3. The average molecular weight is 498 g/mol. The van der Waals surface area contributed by atoms with Gasteiger partial charge in [-0.15, -0.1) is 5.10 Å². The van der Waals surface area contributed by atoms with Crippen molar-refractivity contribution in [2.24, 2.45) is 0 Å². The van der Waals surface area contributed by atoms with E-state index in [1.165, 1.54) is 36.4 Å². The molecule has 4 aromatic rings. The van der Waals surface area contributed by atoms with Gasteiger partial charge < -0.3 is 9.84 Å². The van der Waals surface area contributed by atoms with E-state index in [0.717, 1.165) is 16.1 Å².